The molecule has 0 aromatic carbocycles. The van der Waals surface area contributed by atoms with E-state index in [-0.39, 0.29) is 0 Å². The van der Waals surface area contributed by atoms with Crippen molar-refractivity contribution in [1.82, 2.24) is 14.4 Å². The highest BCUT2D eigenvalue weighted by atomic mass is 16.5. The molecule has 0 spiro atoms. The van der Waals surface area contributed by atoms with E-state index in [1.54, 1.807) is 12.4 Å². The highest BCUT2D eigenvalue weighted by Crippen LogP contribution is 2.11. The van der Waals surface area contributed by atoms with E-state index in [1.807, 2.05) is 23.7 Å². The number of imidazole rings is 1. The molecule has 0 aliphatic heterocycles. The first-order valence-corrected chi connectivity index (χ1v) is 4.42. The van der Waals surface area contributed by atoms with E-state index in [9.17, 15) is 0 Å². The third kappa shape index (κ3) is 1.46. The van der Waals surface area contributed by atoms with Gasteiger partial charge in [0.05, 0.1) is 12.8 Å². The molecule has 2 aromatic heterocycles. The summed E-state index contributed by atoms with van der Waals surface area (Å²) in [5.41, 5.74) is 1.55. The molecule has 0 amide bonds. The Labute approximate surface area is 81.9 Å². The number of hydrogen-bond acceptors (Lipinski definition) is 3. The fourth-order valence-corrected chi connectivity index (χ4v) is 1.22. The number of ether oxygens (including phenoxy) is 1. The van der Waals surface area contributed by atoms with Crippen molar-refractivity contribution in [3.05, 3.63) is 37.1 Å². The highest BCUT2D eigenvalue weighted by molar-refractivity contribution is 5.54. The molecule has 0 atom stereocenters. The lowest BCUT2D eigenvalue weighted by molar-refractivity contribution is 0.297. The van der Waals surface area contributed by atoms with Gasteiger partial charge in [-0.3, -0.25) is 0 Å². The van der Waals surface area contributed by atoms with Crippen LogP contribution in [0.5, 0.6) is 0 Å². The van der Waals surface area contributed by atoms with Crippen molar-refractivity contribution in [3.8, 4) is 0 Å². The van der Waals surface area contributed by atoms with Gasteiger partial charge < -0.3 is 9.14 Å². The maximum Gasteiger partial charge on any atom is 0.155 e. The lowest BCUT2D eigenvalue weighted by atomic mass is 10.4. The molecule has 0 fully saturated rings. The third-order valence-corrected chi connectivity index (χ3v) is 1.88. The summed E-state index contributed by atoms with van der Waals surface area (Å²) in [4.78, 5) is 8.28. The van der Waals surface area contributed by atoms with Crippen molar-refractivity contribution in [1.29, 1.82) is 0 Å². The third-order valence-electron chi connectivity index (χ3n) is 1.88. The zero-order valence-corrected chi connectivity index (χ0v) is 7.97. The monoisotopic (exact) mass is 189 g/mol. The van der Waals surface area contributed by atoms with Gasteiger partial charge in [0.2, 0.25) is 0 Å². The molecule has 14 heavy (non-hydrogen) atoms. The van der Waals surface area contributed by atoms with Gasteiger partial charge in [-0.1, -0.05) is 6.58 Å². The topological polar surface area (TPSA) is 39.4 Å². The molecule has 0 saturated carbocycles. The summed E-state index contributed by atoms with van der Waals surface area (Å²) in [5.74, 6) is 0.586. The van der Waals surface area contributed by atoms with E-state index < -0.39 is 0 Å². The predicted octanol–water partition coefficient (Wildman–Crippen LogP) is 1.74. The average molecular weight is 189 g/mol. The van der Waals surface area contributed by atoms with E-state index in [2.05, 4.69) is 16.5 Å². The number of hydrogen-bond donors (Lipinski definition) is 0. The van der Waals surface area contributed by atoms with Crippen LogP contribution in [0.1, 0.15) is 12.6 Å². The second kappa shape index (κ2) is 3.49. The highest BCUT2D eigenvalue weighted by Gasteiger charge is 2.02. The smallest absolute Gasteiger partial charge is 0.155 e. The maximum absolute atomic E-state index is 5.26. The SMILES string of the molecule is C=C(OCC)c1cn2ccnc2cn1. The van der Waals surface area contributed by atoms with Crippen LogP contribution in [0.4, 0.5) is 0 Å². The summed E-state index contributed by atoms with van der Waals surface area (Å²) in [6.07, 6.45) is 7.13. The lowest BCUT2D eigenvalue weighted by Gasteiger charge is -2.05. The molecule has 0 bridgehead atoms. The van der Waals surface area contributed by atoms with Gasteiger partial charge in [0.1, 0.15) is 11.5 Å². The van der Waals surface area contributed by atoms with E-state index in [0.717, 1.165) is 11.3 Å². The summed E-state index contributed by atoms with van der Waals surface area (Å²) >= 11 is 0. The Balaban J connectivity index is 2.38. The summed E-state index contributed by atoms with van der Waals surface area (Å²) in [6.45, 7) is 6.30. The van der Waals surface area contributed by atoms with Crippen LogP contribution in [0.2, 0.25) is 0 Å². The van der Waals surface area contributed by atoms with Crippen LogP contribution in [0.25, 0.3) is 11.4 Å². The predicted molar refractivity (Wildman–Crippen MR) is 53.6 cm³/mol. The van der Waals surface area contributed by atoms with Crippen LogP contribution in [0, 0.1) is 0 Å². The van der Waals surface area contributed by atoms with Gasteiger partial charge in [-0.2, -0.15) is 0 Å². The van der Waals surface area contributed by atoms with Crippen LogP contribution in [0.3, 0.4) is 0 Å². The van der Waals surface area contributed by atoms with Gasteiger partial charge in [-0.25, -0.2) is 9.97 Å². The van der Waals surface area contributed by atoms with Crippen molar-refractivity contribution in [2.24, 2.45) is 0 Å². The molecule has 2 rings (SSSR count). The largest absolute Gasteiger partial charge is 0.492 e. The number of rotatable bonds is 3. The normalized spacial score (nSPS) is 10.4. The fraction of sp³-hybridized carbons (Fsp3) is 0.200. The minimum atomic E-state index is 0.586. The number of nitrogens with zero attached hydrogens (tertiary/aromatic N) is 3. The van der Waals surface area contributed by atoms with Crippen molar-refractivity contribution in [3.63, 3.8) is 0 Å². The molecule has 4 nitrogen and oxygen atoms in total. The molecule has 72 valence electrons. The second-order valence-corrected chi connectivity index (χ2v) is 2.82. The number of aromatic nitrogens is 3. The molecule has 2 aromatic rings. The van der Waals surface area contributed by atoms with Crippen molar-refractivity contribution >= 4 is 11.4 Å². The van der Waals surface area contributed by atoms with E-state index in [0.29, 0.717) is 12.4 Å². The Morgan fingerprint density at radius 3 is 3.21 bits per heavy atom. The van der Waals surface area contributed by atoms with Gasteiger partial charge in [-0.05, 0) is 6.92 Å². The molecular formula is C10H11N3O. The molecule has 4 heteroatoms. The molecule has 0 radical (unpaired) electrons. The first kappa shape index (κ1) is 8.74. The zero-order chi connectivity index (χ0) is 9.97. The van der Waals surface area contributed by atoms with E-state index in [1.165, 1.54) is 0 Å². The summed E-state index contributed by atoms with van der Waals surface area (Å²) < 4.78 is 7.14. The van der Waals surface area contributed by atoms with Crippen LogP contribution >= 0.6 is 0 Å². The molecule has 0 saturated heterocycles. The number of fused-ring (bicyclic) bond motifs is 1. The van der Waals surface area contributed by atoms with Crippen molar-refractivity contribution < 1.29 is 4.74 Å². The molecule has 0 aliphatic carbocycles. The maximum atomic E-state index is 5.26. The first-order valence-electron chi connectivity index (χ1n) is 4.42. The lowest BCUT2D eigenvalue weighted by Crippen LogP contribution is -1.96. The van der Waals surface area contributed by atoms with Gasteiger partial charge >= 0.3 is 0 Å². The molecule has 2 heterocycles. The Kier molecular flexibility index (Phi) is 2.18. The Morgan fingerprint density at radius 2 is 2.43 bits per heavy atom. The summed E-state index contributed by atoms with van der Waals surface area (Å²) in [7, 11) is 0. The minimum Gasteiger partial charge on any atom is -0.492 e. The Bertz CT molecular complexity index is 461. The van der Waals surface area contributed by atoms with Crippen molar-refractivity contribution in [2.45, 2.75) is 6.92 Å². The van der Waals surface area contributed by atoms with Crippen LogP contribution < -0.4 is 0 Å². The summed E-state index contributed by atoms with van der Waals surface area (Å²) in [5, 5.41) is 0. The van der Waals surface area contributed by atoms with Crippen molar-refractivity contribution in [2.75, 3.05) is 6.61 Å². The van der Waals surface area contributed by atoms with Gasteiger partial charge in [0, 0.05) is 18.6 Å². The van der Waals surface area contributed by atoms with Crippen LogP contribution in [0.15, 0.2) is 31.4 Å². The fourth-order valence-electron chi connectivity index (χ4n) is 1.22. The van der Waals surface area contributed by atoms with Crippen LogP contribution in [-0.2, 0) is 4.74 Å². The van der Waals surface area contributed by atoms with E-state index >= 15 is 0 Å². The quantitative estimate of drug-likeness (QED) is 0.690. The van der Waals surface area contributed by atoms with Gasteiger partial charge in [-0.15, -0.1) is 0 Å². The summed E-state index contributed by atoms with van der Waals surface area (Å²) in [6, 6.07) is 0. The molecular weight excluding hydrogens is 178 g/mol. The van der Waals surface area contributed by atoms with Gasteiger partial charge in [0.15, 0.2) is 5.65 Å². The molecule has 0 unspecified atom stereocenters. The standard InChI is InChI=1S/C10H11N3O/c1-3-14-8(2)9-7-13-5-4-11-10(13)6-12-9/h4-7H,2-3H2,1H3. The molecule has 0 aliphatic rings. The average Bonchev–Trinajstić information content (AvgIpc) is 2.64. The van der Waals surface area contributed by atoms with E-state index in [4.69, 9.17) is 4.74 Å². The Hall–Kier alpha value is -1.84. The first-order chi connectivity index (χ1) is 6.81. The molecule has 0 N–H and O–H groups in total. The van der Waals surface area contributed by atoms with Crippen LogP contribution in [-0.4, -0.2) is 21.0 Å². The second-order valence-electron chi connectivity index (χ2n) is 2.82. The zero-order valence-electron chi connectivity index (χ0n) is 7.97. The Morgan fingerprint density at radius 1 is 1.57 bits per heavy atom. The van der Waals surface area contributed by atoms with Gasteiger partial charge in [0.25, 0.3) is 0 Å². The minimum absolute atomic E-state index is 0.586.